The summed E-state index contributed by atoms with van der Waals surface area (Å²) < 4.78 is 12.4. The maximum Gasteiger partial charge on any atom is 0.303 e. The molecule has 2 heterocycles. The van der Waals surface area contributed by atoms with Crippen molar-refractivity contribution in [2.45, 2.75) is 54.9 Å². The molecular formula is C24H29N3O5S2. The minimum absolute atomic E-state index is 0.0676. The van der Waals surface area contributed by atoms with E-state index in [0.29, 0.717) is 37.0 Å². The Kier molecular flexibility index (Phi) is 9.12. The van der Waals surface area contributed by atoms with Gasteiger partial charge in [0.25, 0.3) is 0 Å². The van der Waals surface area contributed by atoms with Gasteiger partial charge in [-0.1, -0.05) is 44.2 Å². The van der Waals surface area contributed by atoms with Crippen molar-refractivity contribution in [3.05, 3.63) is 53.9 Å². The molecule has 0 radical (unpaired) electrons. The number of carbonyl (C=O) groups is 2. The van der Waals surface area contributed by atoms with E-state index in [4.69, 9.17) is 14.3 Å². The Bertz CT molecular complexity index is 1070. The van der Waals surface area contributed by atoms with Crippen LogP contribution in [-0.2, 0) is 20.8 Å². The Morgan fingerprint density at radius 2 is 2.03 bits per heavy atom. The second-order valence-corrected chi connectivity index (χ2v) is 11.0. The van der Waals surface area contributed by atoms with Gasteiger partial charge in [-0.05, 0) is 24.1 Å². The number of rotatable bonds is 13. The first-order valence-electron chi connectivity index (χ1n) is 10.9. The van der Waals surface area contributed by atoms with Crippen LogP contribution in [0.3, 0.4) is 0 Å². The summed E-state index contributed by atoms with van der Waals surface area (Å²) >= 11 is 3.13. The monoisotopic (exact) mass is 503 g/mol. The van der Waals surface area contributed by atoms with E-state index in [2.05, 4.69) is 36.1 Å². The van der Waals surface area contributed by atoms with E-state index in [1.54, 1.807) is 36.3 Å². The first-order valence-corrected chi connectivity index (χ1v) is 12.7. The zero-order valence-corrected chi connectivity index (χ0v) is 21.1. The highest BCUT2D eigenvalue weighted by Crippen LogP contribution is 2.32. The number of aliphatic carboxylic acids is 1. The van der Waals surface area contributed by atoms with E-state index in [1.165, 1.54) is 11.3 Å². The molecule has 0 amide bonds. The topological polar surface area (TPSA) is 115 Å². The fraction of sp³-hybridized carbons (Fsp3) is 0.417. The van der Waals surface area contributed by atoms with Crippen molar-refractivity contribution in [3.8, 4) is 5.75 Å². The number of carboxylic acid groups (broad SMARTS) is 1. The van der Waals surface area contributed by atoms with E-state index in [1.807, 2.05) is 12.1 Å². The van der Waals surface area contributed by atoms with Crippen molar-refractivity contribution in [1.29, 1.82) is 0 Å². The standard InChI is InChI=1S/C24H29N3O5S2/c1-24(2,3)19-12-25-20(32-19)15-33-22-13-27-23(34-22)26-11-17(14-28)16-6-8-18(9-7-16)31-10-4-5-21(29)30/h6-9,12-14,17H,4-5,10-11,15H2,1-3H3,(H,26,27)(H,29,30). The van der Waals surface area contributed by atoms with Crippen LogP contribution in [0.25, 0.3) is 0 Å². The minimum Gasteiger partial charge on any atom is -0.494 e. The quantitative estimate of drug-likeness (QED) is 0.181. The zero-order valence-electron chi connectivity index (χ0n) is 19.4. The second kappa shape index (κ2) is 12.0. The van der Waals surface area contributed by atoms with Crippen LogP contribution < -0.4 is 10.1 Å². The number of nitrogens with one attached hydrogen (secondary N) is 1. The van der Waals surface area contributed by atoms with Crippen molar-refractivity contribution in [3.63, 3.8) is 0 Å². The maximum absolute atomic E-state index is 11.7. The van der Waals surface area contributed by atoms with Gasteiger partial charge in [0.2, 0.25) is 5.89 Å². The molecule has 0 aliphatic carbocycles. The lowest BCUT2D eigenvalue weighted by Gasteiger charge is -2.13. The molecule has 0 fully saturated rings. The second-order valence-electron chi connectivity index (χ2n) is 8.68. The van der Waals surface area contributed by atoms with Crippen molar-refractivity contribution in [2.75, 3.05) is 18.5 Å². The zero-order chi connectivity index (χ0) is 24.6. The van der Waals surface area contributed by atoms with Crippen LogP contribution in [-0.4, -0.2) is 40.5 Å². The van der Waals surface area contributed by atoms with Crippen LogP contribution in [0, 0.1) is 0 Å². The number of hydrogen-bond donors (Lipinski definition) is 2. The number of nitrogens with zero attached hydrogens (tertiary/aromatic N) is 2. The highest BCUT2D eigenvalue weighted by molar-refractivity contribution is 8.00. The predicted octanol–water partition coefficient (Wildman–Crippen LogP) is 5.36. The normalized spacial score (nSPS) is 12.3. The molecule has 3 aromatic rings. The van der Waals surface area contributed by atoms with Crippen molar-refractivity contribution < 1.29 is 23.8 Å². The summed E-state index contributed by atoms with van der Waals surface area (Å²) in [6.45, 7) is 7.03. The molecule has 8 nitrogen and oxygen atoms in total. The van der Waals surface area contributed by atoms with E-state index in [9.17, 15) is 9.59 Å². The summed E-state index contributed by atoms with van der Waals surface area (Å²) in [6, 6.07) is 7.27. The molecule has 0 aliphatic rings. The number of benzene rings is 1. The number of ether oxygens (including phenoxy) is 1. The van der Waals surface area contributed by atoms with Crippen LogP contribution >= 0.6 is 23.1 Å². The van der Waals surface area contributed by atoms with E-state index in [-0.39, 0.29) is 17.8 Å². The first kappa shape index (κ1) is 25.8. The molecular weight excluding hydrogens is 474 g/mol. The Balaban J connectivity index is 1.46. The number of carbonyl (C=O) groups excluding carboxylic acids is 1. The van der Waals surface area contributed by atoms with Gasteiger partial charge in [-0.3, -0.25) is 4.79 Å². The van der Waals surface area contributed by atoms with Gasteiger partial charge in [0.1, 0.15) is 17.8 Å². The van der Waals surface area contributed by atoms with Gasteiger partial charge in [-0.15, -0.1) is 11.8 Å². The molecule has 2 aromatic heterocycles. The summed E-state index contributed by atoms with van der Waals surface area (Å²) in [7, 11) is 0. The third-order valence-corrected chi connectivity index (χ3v) is 7.00. The van der Waals surface area contributed by atoms with Gasteiger partial charge in [-0.25, -0.2) is 9.97 Å². The summed E-state index contributed by atoms with van der Waals surface area (Å²) in [5.74, 6) is 1.66. The number of carboxylic acids is 1. The summed E-state index contributed by atoms with van der Waals surface area (Å²) in [4.78, 5) is 31.0. The lowest BCUT2D eigenvalue weighted by atomic mass is 9.94. The van der Waals surface area contributed by atoms with Crippen molar-refractivity contribution in [2.24, 2.45) is 0 Å². The van der Waals surface area contributed by atoms with Gasteiger partial charge in [0, 0.05) is 18.4 Å². The summed E-state index contributed by atoms with van der Waals surface area (Å²) in [6.07, 6.45) is 5.02. The first-order chi connectivity index (χ1) is 16.2. The van der Waals surface area contributed by atoms with Crippen LogP contribution in [0.2, 0.25) is 0 Å². The molecule has 2 N–H and O–H groups in total. The van der Waals surface area contributed by atoms with Gasteiger partial charge in [0.15, 0.2) is 5.13 Å². The van der Waals surface area contributed by atoms with Crippen LogP contribution in [0.5, 0.6) is 5.75 Å². The Morgan fingerprint density at radius 1 is 1.26 bits per heavy atom. The minimum atomic E-state index is -0.838. The fourth-order valence-electron chi connectivity index (χ4n) is 2.93. The smallest absolute Gasteiger partial charge is 0.303 e. The average molecular weight is 504 g/mol. The lowest BCUT2D eigenvalue weighted by Crippen LogP contribution is -2.13. The molecule has 10 heteroatoms. The number of thiazole rings is 1. The highest BCUT2D eigenvalue weighted by Gasteiger charge is 2.19. The Hall–Kier alpha value is -2.85. The van der Waals surface area contributed by atoms with Crippen LogP contribution in [0.1, 0.15) is 56.7 Å². The summed E-state index contributed by atoms with van der Waals surface area (Å²) in [5, 5.41) is 12.6. The Morgan fingerprint density at radius 3 is 2.68 bits per heavy atom. The molecule has 3 rings (SSSR count). The van der Waals surface area contributed by atoms with Gasteiger partial charge in [-0.2, -0.15) is 0 Å². The van der Waals surface area contributed by atoms with Gasteiger partial charge in [0.05, 0.1) is 34.9 Å². The van der Waals surface area contributed by atoms with E-state index in [0.717, 1.165) is 27.0 Å². The molecule has 0 spiro atoms. The number of hydrogen-bond acceptors (Lipinski definition) is 9. The number of aromatic nitrogens is 2. The molecule has 0 saturated heterocycles. The molecule has 0 aliphatic heterocycles. The van der Waals surface area contributed by atoms with Crippen molar-refractivity contribution >= 4 is 40.5 Å². The number of anilines is 1. The molecule has 1 unspecified atom stereocenters. The predicted molar refractivity (Wildman–Crippen MR) is 133 cm³/mol. The molecule has 182 valence electrons. The molecule has 34 heavy (non-hydrogen) atoms. The van der Waals surface area contributed by atoms with Crippen molar-refractivity contribution in [1.82, 2.24) is 9.97 Å². The van der Waals surface area contributed by atoms with Crippen LogP contribution in [0.4, 0.5) is 5.13 Å². The lowest BCUT2D eigenvalue weighted by molar-refractivity contribution is -0.137. The third-order valence-electron chi connectivity index (χ3n) is 4.86. The number of aldehydes is 1. The summed E-state index contributed by atoms with van der Waals surface area (Å²) in [5.41, 5.74) is 0.798. The molecule has 0 bridgehead atoms. The Labute approximate surface area is 207 Å². The molecule has 0 saturated carbocycles. The molecule has 1 aromatic carbocycles. The average Bonchev–Trinajstić information content (AvgIpc) is 3.46. The number of thioether (sulfide) groups is 1. The van der Waals surface area contributed by atoms with Gasteiger partial charge < -0.3 is 24.4 Å². The van der Waals surface area contributed by atoms with E-state index < -0.39 is 5.97 Å². The largest absolute Gasteiger partial charge is 0.494 e. The highest BCUT2D eigenvalue weighted by atomic mass is 32.2. The third kappa shape index (κ3) is 7.88. The van der Waals surface area contributed by atoms with Crippen LogP contribution in [0.15, 0.2) is 45.3 Å². The SMILES string of the molecule is CC(C)(C)c1cnc(CSc2cnc(NCC(C=O)c3ccc(OCCCC(=O)O)cc3)s2)o1. The van der Waals surface area contributed by atoms with Gasteiger partial charge >= 0.3 is 5.97 Å². The van der Waals surface area contributed by atoms with E-state index >= 15 is 0 Å². The fourth-order valence-corrected chi connectivity index (χ4v) is 4.66. The number of oxazole rings is 1. The molecule has 1 atom stereocenters. The maximum atomic E-state index is 11.7.